The molecule has 22 heavy (non-hydrogen) atoms. The number of piperidine rings is 1. The average Bonchev–Trinajstić information content (AvgIpc) is 2.88. The molecule has 2 aliphatic heterocycles. The van der Waals surface area contributed by atoms with Crippen LogP contribution in [0.15, 0.2) is 0 Å². The van der Waals surface area contributed by atoms with Crippen LogP contribution in [0.2, 0.25) is 0 Å². The molecule has 0 aliphatic carbocycles. The quantitative estimate of drug-likeness (QED) is 0.804. The van der Waals surface area contributed by atoms with E-state index in [0.29, 0.717) is 25.3 Å². The van der Waals surface area contributed by atoms with E-state index in [-0.39, 0.29) is 12.8 Å². The molecule has 0 bridgehead atoms. The number of carboxylic acid groups (broad SMARTS) is 1. The first-order valence-corrected chi connectivity index (χ1v) is 8.77. The highest BCUT2D eigenvalue weighted by atomic mass is 32.2. The molecule has 1 amide bonds. The van der Waals surface area contributed by atoms with Gasteiger partial charge in [-0.15, -0.1) is 0 Å². The number of hydrogen-bond acceptors (Lipinski definition) is 5. The number of carbonyl (C=O) groups excluding carboxylic acids is 1. The minimum Gasteiger partial charge on any atom is -0.481 e. The Labute approximate surface area is 135 Å². The summed E-state index contributed by atoms with van der Waals surface area (Å²) in [7, 11) is 0. The van der Waals surface area contributed by atoms with Crippen molar-refractivity contribution in [3.05, 3.63) is 0 Å². The van der Waals surface area contributed by atoms with Gasteiger partial charge < -0.3 is 19.8 Å². The number of amides is 1. The fourth-order valence-electron chi connectivity index (χ4n) is 3.16. The third-order valence-corrected chi connectivity index (χ3v) is 5.75. The first kappa shape index (κ1) is 17.4. The van der Waals surface area contributed by atoms with E-state index in [1.807, 2.05) is 0 Å². The molecule has 0 aromatic carbocycles. The summed E-state index contributed by atoms with van der Waals surface area (Å²) < 4.78 is 5.33. The van der Waals surface area contributed by atoms with Crippen LogP contribution >= 0.6 is 11.8 Å². The number of aliphatic hydroxyl groups is 1. The molecule has 0 radical (unpaired) electrons. The molecular weight excluding hydrogens is 306 g/mol. The lowest BCUT2D eigenvalue weighted by molar-refractivity contribution is -0.172. The van der Waals surface area contributed by atoms with Gasteiger partial charge in [-0.3, -0.25) is 4.79 Å². The normalized spacial score (nSPS) is 28.5. The molecule has 2 N–H and O–H groups in total. The molecule has 2 aliphatic rings. The van der Waals surface area contributed by atoms with Crippen LogP contribution in [0.5, 0.6) is 0 Å². The molecule has 2 saturated heterocycles. The summed E-state index contributed by atoms with van der Waals surface area (Å²) in [5.74, 6) is 0.265. The lowest BCUT2D eigenvalue weighted by atomic mass is 9.66. The maximum Gasteiger partial charge on any atom is 0.410 e. The van der Waals surface area contributed by atoms with Gasteiger partial charge in [-0.25, -0.2) is 4.79 Å². The van der Waals surface area contributed by atoms with Crippen molar-refractivity contribution in [1.82, 2.24) is 4.90 Å². The Morgan fingerprint density at radius 3 is 2.18 bits per heavy atom. The molecule has 0 aromatic heterocycles. The Hall–Kier alpha value is -0.950. The van der Waals surface area contributed by atoms with E-state index in [2.05, 4.69) is 0 Å². The van der Waals surface area contributed by atoms with Crippen molar-refractivity contribution in [2.75, 3.05) is 24.6 Å². The first-order chi connectivity index (χ1) is 10.1. The largest absolute Gasteiger partial charge is 0.481 e. The van der Waals surface area contributed by atoms with Crippen molar-refractivity contribution >= 4 is 23.8 Å². The highest BCUT2D eigenvalue weighted by Gasteiger charge is 2.58. The number of ether oxygens (including phenoxy) is 1. The summed E-state index contributed by atoms with van der Waals surface area (Å²) in [5.41, 5.74) is -2.90. The minimum absolute atomic E-state index is 0.277. The van der Waals surface area contributed by atoms with Crippen LogP contribution < -0.4 is 0 Å². The number of likely N-dealkylation sites (tertiary alicyclic amines) is 1. The van der Waals surface area contributed by atoms with Gasteiger partial charge in [0.1, 0.15) is 11.0 Å². The van der Waals surface area contributed by atoms with Gasteiger partial charge in [0.05, 0.1) is 5.60 Å². The number of aliphatic carboxylic acids is 1. The van der Waals surface area contributed by atoms with Crippen molar-refractivity contribution < 1.29 is 24.5 Å². The van der Waals surface area contributed by atoms with Crippen LogP contribution in [-0.4, -0.2) is 63.0 Å². The smallest absolute Gasteiger partial charge is 0.410 e. The third kappa shape index (κ3) is 3.20. The Morgan fingerprint density at radius 1 is 1.18 bits per heavy atom. The minimum atomic E-state index is -1.25. The zero-order valence-corrected chi connectivity index (χ0v) is 14.2. The second-order valence-electron chi connectivity index (χ2n) is 7.19. The van der Waals surface area contributed by atoms with Crippen molar-refractivity contribution in [3.8, 4) is 0 Å². The molecule has 2 heterocycles. The Kier molecular flexibility index (Phi) is 4.69. The van der Waals surface area contributed by atoms with E-state index in [1.165, 1.54) is 0 Å². The number of rotatable bonds is 2. The fraction of sp³-hybridized carbons (Fsp3) is 0.867. The lowest BCUT2D eigenvalue weighted by Crippen LogP contribution is -2.59. The van der Waals surface area contributed by atoms with Crippen LogP contribution in [0.1, 0.15) is 40.0 Å². The number of carbonyl (C=O) groups is 2. The molecule has 2 fully saturated rings. The van der Waals surface area contributed by atoms with Crippen molar-refractivity contribution in [2.24, 2.45) is 5.41 Å². The molecule has 6 nitrogen and oxygen atoms in total. The number of nitrogens with zero attached hydrogens (tertiary/aromatic N) is 1. The zero-order valence-electron chi connectivity index (χ0n) is 13.4. The van der Waals surface area contributed by atoms with Crippen LogP contribution in [0.25, 0.3) is 0 Å². The van der Waals surface area contributed by atoms with Gasteiger partial charge in [-0.05, 0) is 45.8 Å². The second kappa shape index (κ2) is 5.92. The van der Waals surface area contributed by atoms with Crippen LogP contribution in [0.3, 0.4) is 0 Å². The van der Waals surface area contributed by atoms with E-state index < -0.39 is 28.7 Å². The Bertz CT molecular complexity index is 445. The lowest BCUT2D eigenvalue weighted by Gasteiger charge is -2.46. The number of hydrogen-bond donors (Lipinski definition) is 2. The molecule has 0 spiro atoms. The maximum absolute atomic E-state index is 12.1. The summed E-state index contributed by atoms with van der Waals surface area (Å²) >= 11 is 1.57. The van der Waals surface area contributed by atoms with Crippen LogP contribution in [0, 0.1) is 5.41 Å². The molecule has 7 heteroatoms. The van der Waals surface area contributed by atoms with Crippen molar-refractivity contribution in [3.63, 3.8) is 0 Å². The van der Waals surface area contributed by atoms with E-state index in [1.54, 1.807) is 37.4 Å². The first-order valence-electron chi connectivity index (χ1n) is 7.61. The standard InChI is InChI=1S/C15H25NO5S/c1-13(2,3)21-12(19)16-7-4-15(20,5-8-16)14(11(17)18)6-9-22-10-14/h20H,4-10H2,1-3H3,(H,17,18). The molecule has 0 aromatic rings. The average molecular weight is 331 g/mol. The van der Waals surface area contributed by atoms with E-state index in [0.717, 1.165) is 5.75 Å². The summed E-state index contributed by atoms with van der Waals surface area (Å²) in [6, 6.07) is 0. The predicted molar refractivity (Wildman–Crippen MR) is 84.0 cm³/mol. The van der Waals surface area contributed by atoms with E-state index in [9.17, 15) is 19.8 Å². The molecule has 0 saturated carbocycles. The van der Waals surface area contributed by atoms with E-state index in [4.69, 9.17) is 4.74 Å². The van der Waals surface area contributed by atoms with E-state index >= 15 is 0 Å². The van der Waals surface area contributed by atoms with Crippen LogP contribution in [-0.2, 0) is 9.53 Å². The van der Waals surface area contributed by atoms with Gasteiger partial charge in [0.25, 0.3) is 0 Å². The van der Waals surface area contributed by atoms with Gasteiger partial charge in [0.15, 0.2) is 0 Å². The predicted octanol–water partition coefficient (Wildman–Crippen LogP) is 1.96. The summed E-state index contributed by atoms with van der Waals surface area (Å²) in [4.78, 5) is 25.4. The van der Waals surface area contributed by atoms with Gasteiger partial charge in [0.2, 0.25) is 0 Å². The topological polar surface area (TPSA) is 87.1 Å². The summed E-state index contributed by atoms with van der Waals surface area (Å²) in [6.45, 7) is 6.07. The number of thioether (sulfide) groups is 1. The Morgan fingerprint density at radius 2 is 1.77 bits per heavy atom. The highest BCUT2D eigenvalue weighted by Crippen LogP contribution is 2.49. The third-order valence-electron chi connectivity index (χ3n) is 4.56. The van der Waals surface area contributed by atoms with Gasteiger partial charge >= 0.3 is 12.1 Å². The van der Waals surface area contributed by atoms with Gasteiger partial charge in [-0.1, -0.05) is 0 Å². The van der Waals surface area contributed by atoms with Gasteiger partial charge in [-0.2, -0.15) is 11.8 Å². The fourth-order valence-corrected chi connectivity index (χ4v) is 4.69. The summed E-state index contributed by atoms with van der Waals surface area (Å²) in [6.07, 6.45) is 0.633. The Balaban J connectivity index is 2.04. The molecule has 1 atom stereocenters. The van der Waals surface area contributed by atoms with Gasteiger partial charge in [0, 0.05) is 18.8 Å². The second-order valence-corrected chi connectivity index (χ2v) is 8.29. The van der Waals surface area contributed by atoms with Crippen molar-refractivity contribution in [2.45, 2.75) is 51.2 Å². The highest BCUT2D eigenvalue weighted by molar-refractivity contribution is 7.99. The maximum atomic E-state index is 12.1. The molecule has 2 rings (SSSR count). The molecular formula is C15H25NO5S. The monoisotopic (exact) mass is 331 g/mol. The zero-order chi connectivity index (χ0) is 16.6. The summed E-state index contributed by atoms with van der Waals surface area (Å²) in [5, 5.41) is 20.6. The SMILES string of the molecule is CC(C)(C)OC(=O)N1CCC(O)(C2(C(=O)O)CCSC2)CC1. The van der Waals surface area contributed by atoms with Crippen molar-refractivity contribution in [1.29, 1.82) is 0 Å². The van der Waals surface area contributed by atoms with Crippen LogP contribution in [0.4, 0.5) is 4.79 Å². The molecule has 126 valence electrons. The molecule has 1 unspecified atom stereocenters. The number of carboxylic acids is 1.